The van der Waals surface area contributed by atoms with Gasteiger partial charge in [0.2, 0.25) is 0 Å². The van der Waals surface area contributed by atoms with Gasteiger partial charge in [-0.05, 0) is 13.8 Å². The van der Waals surface area contributed by atoms with E-state index in [-0.39, 0.29) is 12.2 Å². The fourth-order valence-corrected chi connectivity index (χ4v) is 1.64. The first-order chi connectivity index (χ1) is 15.4. The molecule has 0 atom stereocenters. The number of ether oxygens (including phenoxy) is 7. The number of hydrogen-bond donors (Lipinski definition) is 1. The molecule has 10 heteroatoms. The van der Waals surface area contributed by atoms with E-state index < -0.39 is 11.9 Å². The summed E-state index contributed by atoms with van der Waals surface area (Å²) in [7, 11) is 1.62. The smallest absolute Gasteiger partial charge is 0.333 e. The molecule has 0 aromatic rings. The Hall–Kier alpha value is -1.82. The summed E-state index contributed by atoms with van der Waals surface area (Å²) in [5, 5.41) is 7.89. The molecule has 0 radical (unpaired) electrons. The number of carbonyl (C=O) groups is 2. The van der Waals surface area contributed by atoms with Crippen LogP contribution in [0.4, 0.5) is 0 Å². The molecule has 0 saturated heterocycles. The highest BCUT2D eigenvalue weighted by molar-refractivity contribution is 5.87. The minimum Gasteiger partial charge on any atom is -0.478 e. The predicted octanol–water partition coefficient (Wildman–Crippen LogP) is 1.87. The summed E-state index contributed by atoms with van der Waals surface area (Å²) in [6.45, 7) is 16.0. The molecular formula is C22H40O10. The lowest BCUT2D eigenvalue weighted by molar-refractivity contribution is -0.141. The van der Waals surface area contributed by atoms with Gasteiger partial charge < -0.3 is 38.3 Å². The van der Waals surface area contributed by atoms with Crippen molar-refractivity contribution in [1.29, 1.82) is 0 Å². The van der Waals surface area contributed by atoms with Crippen molar-refractivity contribution in [2.24, 2.45) is 0 Å². The quantitative estimate of drug-likeness (QED) is 0.153. The molecule has 0 heterocycles. The number of carboxylic acid groups (broad SMARTS) is 1. The van der Waals surface area contributed by atoms with Crippen LogP contribution >= 0.6 is 0 Å². The maximum Gasteiger partial charge on any atom is 0.333 e. The fraction of sp³-hybridized carbons (Fsp3) is 0.727. The lowest BCUT2D eigenvalue weighted by Gasteiger charge is -2.09. The van der Waals surface area contributed by atoms with Crippen molar-refractivity contribution in [1.82, 2.24) is 0 Å². The highest BCUT2D eigenvalue weighted by Crippen LogP contribution is 2.01. The van der Waals surface area contributed by atoms with Gasteiger partial charge in [-0.1, -0.05) is 13.2 Å². The number of methoxy groups -OCH3 is 1. The molecular weight excluding hydrogens is 424 g/mol. The topological polar surface area (TPSA) is 119 Å². The van der Waals surface area contributed by atoms with Gasteiger partial charge >= 0.3 is 11.9 Å². The third-order valence-corrected chi connectivity index (χ3v) is 3.41. The molecule has 1 N–H and O–H groups in total. The van der Waals surface area contributed by atoms with Gasteiger partial charge in [-0.2, -0.15) is 0 Å². The summed E-state index contributed by atoms with van der Waals surface area (Å²) < 4.78 is 36.3. The van der Waals surface area contributed by atoms with Crippen LogP contribution in [0.1, 0.15) is 20.3 Å². The van der Waals surface area contributed by atoms with E-state index in [0.717, 1.165) is 0 Å². The van der Waals surface area contributed by atoms with E-state index in [1.807, 2.05) is 6.92 Å². The summed E-state index contributed by atoms with van der Waals surface area (Å²) in [5.74, 6) is -1.36. The van der Waals surface area contributed by atoms with Crippen LogP contribution in [0.3, 0.4) is 0 Å². The van der Waals surface area contributed by atoms with Crippen LogP contribution in [0.2, 0.25) is 0 Å². The first kappa shape index (κ1) is 32.4. The SMILES string of the molecule is C=C(C)C(=O)O.C=C(CCOCCOCCOCC)C(=O)OCCOCCOCCOC. The Morgan fingerprint density at radius 3 is 1.56 bits per heavy atom. The van der Waals surface area contributed by atoms with Crippen LogP contribution in [-0.2, 0) is 42.7 Å². The number of rotatable bonds is 21. The van der Waals surface area contributed by atoms with Crippen molar-refractivity contribution in [2.45, 2.75) is 20.3 Å². The molecule has 0 saturated carbocycles. The minimum absolute atomic E-state index is 0.176. The molecule has 0 aliphatic heterocycles. The fourth-order valence-electron chi connectivity index (χ4n) is 1.64. The van der Waals surface area contributed by atoms with Crippen LogP contribution in [-0.4, -0.2) is 103 Å². The zero-order valence-electron chi connectivity index (χ0n) is 19.7. The normalized spacial score (nSPS) is 10.2. The summed E-state index contributed by atoms with van der Waals surface area (Å²) in [5.41, 5.74) is 0.556. The Labute approximate surface area is 191 Å². The van der Waals surface area contributed by atoms with Gasteiger partial charge in [0.15, 0.2) is 0 Å². The van der Waals surface area contributed by atoms with E-state index in [9.17, 15) is 9.59 Å². The van der Waals surface area contributed by atoms with Gasteiger partial charge in [-0.3, -0.25) is 0 Å². The molecule has 0 aromatic heterocycles. The third kappa shape index (κ3) is 26.2. The van der Waals surface area contributed by atoms with Crippen molar-refractivity contribution in [3.8, 4) is 0 Å². The average molecular weight is 465 g/mol. The molecule has 0 aliphatic carbocycles. The van der Waals surface area contributed by atoms with Crippen molar-refractivity contribution in [3.05, 3.63) is 24.3 Å². The number of carbonyl (C=O) groups excluding carboxylic acids is 1. The molecule has 0 aromatic carbocycles. The maximum atomic E-state index is 11.7. The van der Waals surface area contributed by atoms with E-state index in [2.05, 4.69) is 13.2 Å². The third-order valence-electron chi connectivity index (χ3n) is 3.41. The van der Waals surface area contributed by atoms with Crippen molar-refractivity contribution in [3.63, 3.8) is 0 Å². The van der Waals surface area contributed by atoms with Gasteiger partial charge in [0.05, 0.1) is 66.1 Å². The number of aliphatic carboxylic acids is 1. The average Bonchev–Trinajstić information content (AvgIpc) is 2.76. The van der Waals surface area contributed by atoms with Crippen LogP contribution in [0.5, 0.6) is 0 Å². The van der Waals surface area contributed by atoms with Crippen LogP contribution in [0.15, 0.2) is 24.3 Å². The number of carboxylic acids is 1. The highest BCUT2D eigenvalue weighted by atomic mass is 16.6. The Balaban J connectivity index is 0. The second-order valence-corrected chi connectivity index (χ2v) is 6.21. The van der Waals surface area contributed by atoms with Gasteiger partial charge in [0.25, 0.3) is 0 Å². The minimum atomic E-state index is -0.935. The van der Waals surface area contributed by atoms with E-state index >= 15 is 0 Å². The van der Waals surface area contributed by atoms with Crippen LogP contribution in [0, 0.1) is 0 Å². The Morgan fingerprint density at radius 2 is 1.12 bits per heavy atom. The van der Waals surface area contributed by atoms with Crippen LogP contribution < -0.4 is 0 Å². The molecule has 0 rings (SSSR count). The van der Waals surface area contributed by atoms with Crippen molar-refractivity contribution < 1.29 is 47.9 Å². The Kier molecular flexibility index (Phi) is 25.7. The van der Waals surface area contributed by atoms with Crippen molar-refractivity contribution in [2.75, 3.05) is 86.4 Å². The monoisotopic (exact) mass is 464 g/mol. The molecule has 188 valence electrons. The van der Waals surface area contributed by atoms with E-state index in [4.69, 9.17) is 38.3 Å². The summed E-state index contributed by atoms with van der Waals surface area (Å²) in [6.07, 6.45) is 0.423. The summed E-state index contributed by atoms with van der Waals surface area (Å²) in [6, 6.07) is 0. The van der Waals surface area contributed by atoms with Gasteiger partial charge in [-0.15, -0.1) is 0 Å². The van der Waals surface area contributed by atoms with E-state index in [1.165, 1.54) is 6.92 Å². The second-order valence-electron chi connectivity index (χ2n) is 6.21. The maximum absolute atomic E-state index is 11.7. The first-order valence-electron chi connectivity index (χ1n) is 10.5. The largest absolute Gasteiger partial charge is 0.478 e. The summed E-state index contributed by atoms with van der Waals surface area (Å²) >= 11 is 0. The van der Waals surface area contributed by atoms with Crippen LogP contribution in [0.25, 0.3) is 0 Å². The molecule has 0 bridgehead atoms. The lowest BCUT2D eigenvalue weighted by Crippen LogP contribution is -2.15. The highest BCUT2D eigenvalue weighted by Gasteiger charge is 2.08. The molecule has 0 aliphatic rings. The zero-order chi connectivity index (χ0) is 24.5. The Morgan fingerprint density at radius 1 is 0.719 bits per heavy atom. The molecule has 0 unspecified atom stereocenters. The molecule has 0 amide bonds. The predicted molar refractivity (Wildman–Crippen MR) is 119 cm³/mol. The lowest BCUT2D eigenvalue weighted by atomic mass is 10.2. The number of hydrogen-bond acceptors (Lipinski definition) is 9. The van der Waals surface area contributed by atoms with E-state index in [1.54, 1.807) is 7.11 Å². The number of esters is 1. The first-order valence-corrected chi connectivity index (χ1v) is 10.5. The Bertz CT molecular complexity index is 449. The summed E-state index contributed by atoms with van der Waals surface area (Å²) in [4.78, 5) is 21.3. The van der Waals surface area contributed by atoms with Gasteiger partial charge in [0, 0.05) is 31.3 Å². The molecule has 32 heavy (non-hydrogen) atoms. The van der Waals surface area contributed by atoms with E-state index in [0.29, 0.717) is 84.7 Å². The second kappa shape index (κ2) is 25.4. The molecule has 0 fully saturated rings. The zero-order valence-corrected chi connectivity index (χ0v) is 19.7. The van der Waals surface area contributed by atoms with Gasteiger partial charge in [0.1, 0.15) is 6.61 Å². The van der Waals surface area contributed by atoms with Crippen molar-refractivity contribution >= 4 is 11.9 Å². The molecule has 10 nitrogen and oxygen atoms in total. The molecule has 0 spiro atoms. The van der Waals surface area contributed by atoms with Gasteiger partial charge in [-0.25, -0.2) is 9.59 Å². The standard InChI is InChI=1S/C18H34O8.C4H6O2/c1-4-21-9-10-24-12-11-22-6-5-17(2)18(19)26-16-15-25-14-13-23-8-7-20-3;1-3(2)4(5)6/h2,4-16H2,1,3H3;1H2,2H3,(H,5,6).